The van der Waals surface area contributed by atoms with Gasteiger partial charge in [-0.25, -0.2) is 0 Å². The van der Waals surface area contributed by atoms with Gasteiger partial charge in [0.25, 0.3) is 5.91 Å². The average molecular weight is 272 g/mol. The van der Waals surface area contributed by atoms with Crippen molar-refractivity contribution in [2.45, 2.75) is 11.3 Å². The van der Waals surface area contributed by atoms with E-state index in [2.05, 4.69) is 22.4 Å². The van der Waals surface area contributed by atoms with Crippen molar-refractivity contribution in [2.75, 3.05) is 12.3 Å². The highest BCUT2D eigenvalue weighted by atomic mass is 32.2. The number of carbonyl (C=O) groups excluding carboxylic acids is 1. The summed E-state index contributed by atoms with van der Waals surface area (Å²) in [6, 6.07) is 13.7. The van der Waals surface area contributed by atoms with Gasteiger partial charge in [0.15, 0.2) is 0 Å². The Balaban J connectivity index is 1.63. The van der Waals surface area contributed by atoms with Crippen LogP contribution in [-0.2, 0) is 0 Å². The van der Waals surface area contributed by atoms with E-state index in [1.54, 1.807) is 36.3 Å². The van der Waals surface area contributed by atoms with Gasteiger partial charge in [-0.2, -0.15) is 0 Å². The van der Waals surface area contributed by atoms with Crippen LogP contribution < -0.4 is 5.32 Å². The molecule has 1 aromatic heterocycles. The molecule has 0 atom stereocenters. The second kappa shape index (κ2) is 7.59. The van der Waals surface area contributed by atoms with Gasteiger partial charge in [0.2, 0.25) is 0 Å². The zero-order valence-corrected chi connectivity index (χ0v) is 11.4. The van der Waals surface area contributed by atoms with Crippen LogP contribution in [0.4, 0.5) is 0 Å². The molecule has 4 heteroatoms. The summed E-state index contributed by atoms with van der Waals surface area (Å²) >= 11 is 1.81. The first-order valence-electron chi connectivity index (χ1n) is 6.22. The molecule has 1 amide bonds. The standard InChI is InChI=1S/C15H16N2OS/c18-15(13-7-10-16-11-8-13)17-9-4-12-19-14-5-2-1-3-6-14/h1-3,5-8,10-11H,4,9,12H2,(H,17,18). The highest BCUT2D eigenvalue weighted by molar-refractivity contribution is 7.99. The van der Waals surface area contributed by atoms with Gasteiger partial charge in [0.1, 0.15) is 0 Å². The molecule has 0 radical (unpaired) electrons. The molecule has 3 nitrogen and oxygen atoms in total. The minimum Gasteiger partial charge on any atom is -0.352 e. The van der Waals surface area contributed by atoms with E-state index >= 15 is 0 Å². The highest BCUT2D eigenvalue weighted by Gasteiger charge is 2.02. The molecular weight excluding hydrogens is 256 g/mol. The molecule has 98 valence electrons. The summed E-state index contributed by atoms with van der Waals surface area (Å²) in [5, 5.41) is 2.91. The van der Waals surface area contributed by atoms with E-state index in [0.717, 1.165) is 12.2 Å². The Morgan fingerprint density at radius 1 is 1.11 bits per heavy atom. The molecule has 0 bridgehead atoms. The minimum atomic E-state index is -0.0351. The topological polar surface area (TPSA) is 42.0 Å². The van der Waals surface area contributed by atoms with Gasteiger partial charge in [-0.1, -0.05) is 18.2 Å². The average Bonchev–Trinajstić information content (AvgIpc) is 2.49. The number of rotatable bonds is 6. The van der Waals surface area contributed by atoms with Crippen LogP contribution in [0.15, 0.2) is 59.8 Å². The second-order valence-corrected chi connectivity index (χ2v) is 5.18. The fourth-order valence-electron chi connectivity index (χ4n) is 1.59. The SMILES string of the molecule is O=C(NCCCSc1ccccc1)c1ccncc1. The van der Waals surface area contributed by atoms with Crippen molar-refractivity contribution in [3.8, 4) is 0 Å². The quantitative estimate of drug-likeness (QED) is 0.649. The first-order chi connectivity index (χ1) is 9.36. The third-order valence-corrected chi connectivity index (χ3v) is 3.66. The zero-order valence-electron chi connectivity index (χ0n) is 10.6. The van der Waals surface area contributed by atoms with Crippen LogP contribution in [0.3, 0.4) is 0 Å². The molecule has 2 aromatic rings. The fourth-order valence-corrected chi connectivity index (χ4v) is 2.46. The van der Waals surface area contributed by atoms with Crippen LogP contribution in [-0.4, -0.2) is 23.2 Å². The molecule has 0 fully saturated rings. The third-order valence-electron chi connectivity index (χ3n) is 2.56. The van der Waals surface area contributed by atoms with E-state index in [4.69, 9.17) is 0 Å². The van der Waals surface area contributed by atoms with E-state index < -0.39 is 0 Å². The van der Waals surface area contributed by atoms with Crippen LogP contribution >= 0.6 is 11.8 Å². The van der Waals surface area contributed by atoms with Gasteiger partial charge < -0.3 is 5.32 Å². The normalized spacial score (nSPS) is 10.1. The van der Waals surface area contributed by atoms with Crippen molar-refractivity contribution in [3.63, 3.8) is 0 Å². The van der Waals surface area contributed by atoms with Crippen molar-refractivity contribution >= 4 is 17.7 Å². The number of nitrogens with one attached hydrogen (secondary N) is 1. The van der Waals surface area contributed by atoms with Crippen LogP contribution in [0.2, 0.25) is 0 Å². The Kier molecular flexibility index (Phi) is 5.44. The first kappa shape index (κ1) is 13.6. The molecular formula is C15H16N2OS. The molecule has 0 aliphatic heterocycles. The molecule has 0 aliphatic rings. The predicted molar refractivity (Wildman–Crippen MR) is 78.4 cm³/mol. The Labute approximate surface area is 117 Å². The molecule has 1 heterocycles. The second-order valence-electron chi connectivity index (χ2n) is 4.01. The van der Waals surface area contributed by atoms with E-state index in [1.165, 1.54) is 4.90 Å². The number of hydrogen-bond donors (Lipinski definition) is 1. The molecule has 0 saturated heterocycles. The van der Waals surface area contributed by atoms with Crippen LogP contribution in [0.5, 0.6) is 0 Å². The lowest BCUT2D eigenvalue weighted by Gasteiger charge is -2.05. The van der Waals surface area contributed by atoms with Gasteiger partial charge in [0, 0.05) is 29.4 Å². The van der Waals surface area contributed by atoms with E-state index in [1.807, 2.05) is 18.2 Å². The molecule has 19 heavy (non-hydrogen) atoms. The number of carbonyl (C=O) groups is 1. The zero-order chi connectivity index (χ0) is 13.3. The van der Waals surface area contributed by atoms with Crippen LogP contribution in [0.1, 0.15) is 16.8 Å². The number of nitrogens with zero attached hydrogens (tertiary/aromatic N) is 1. The summed E-state index contributed by atoms with van der Waals surface area (Å²) in [5.41, 5.74) is 0.658. The van der Waals surface area contributed by atoms with E-state index in [0.29, 0.717) is 12.1 Å². The Bertz CT molecular complexity index is 502. The number of amides is 1. The van der Waals surface area contributed by atoms with Crippen LogP contribution in [0, 0.1) is 0 Å². The number of thioether (sulfide) groups is 1. The van der Waals surface area contributed by atoms with Crippen molar-refractivity contribution in [3.05, 3.63) is 60.4 Å². The minimum absolute atomic E-state index is 0.0351. The predicted octanol–water partition coefficient (Wildman–Crippen LogP) is 2.99. The highest BCUT2D eigenvalue weighted by Crippen LogP contribution is 2.17. The molecule has 1 N–H and O–H groups in total. The van der Waals surface area contributed by atoms with Crippen molar-refractivity contribution in [1.82, 2.24) is 10.3 Å². The first-order valence-corrected chi connectivity index (χ1v) is 7.21. The Hall–Kier alpha value is -1.81. The largest absolute Gasteiger partial charge is 0.352 e. The van der Waals surface area contributed by atoms with Crippen molar-refractivity contribution in [2.24, 2.45) is 0 Å². The number of hydrogen-bond acceptors (Lipinski definition) is 3. The summed E-state index contributed by atoms with van der Waals surface area (Å²) in [6.45, 7) is 0.695. The third kappa shape index (κ3) is 4.75. The Morgan fingerprint density at radius 2 is 1.84 bits per heavy atom. The number of aromatic nitrogens is 1. The monoisotopic (exact) mass is 272 g/mol. The maximum absolute atomic E-state index is 11.7. The number of pyridine rings is 1. The lowest BCUT2D eigenvalue weighted by atomic mass is 10.2. The smallest absolute Gasteiger partial charge is 0.251 e. The van der Waals surface area contributed by atoms with E-state index in [-0.39, 0.29) is 5.91 Å². The van der Waals surface area contributed by atoms with E-state index in [9.17, 15) is 4.79 Å². The summed E-state index contributed by atoms with van der Waals surface area (Å²) < 4.78 is 0. The summed E-state index contributed by atoms with van der Waals surface area (Å²) in [4.78, 5) is 16.9. The van der Waals surface area contributed by atoms with Crippen molar-refractivity contribution in [1.29, 1.82) is 0 Å². The van der Waals surface area contributed by atoms with Gasteiger partial charge in [-0.15, -0.1) is 11.8 Å². The lowest BCUT2D eigenvalue weighted by Crippen LogP contribution is -2.24. The molecule has 1 aromatic carbocycles. The van der Waals surface area contributed by atoms with Gasteiger partial charge in [-0.05, 0) is 36.4 Å². The number of benzene rings is 1. The molecule has 0 aliphatic carbocycles. The van der Waals surface area contributed by atoms with Gasteiger partial charge in [-0.3, -0.25) is 9.78 Å². The van der Waals surface area contributed by atoms with Gasteiger partial charge >= 0.3 is 0 Å². The maximum atomic E-state index is 11.7. The summed E-state index contributed by atoms with van der Waals surface area (Å²) in [7, 11) is 0. The van der Waals surface area contributed by atoms with Gasteiger partial charge in [0.05, 0.1) is 0 Å². The molecule has 0 spiro atoms. The van der Waals surface area contributed by atoms with Crippen LogP contribution in [0.25, 0.3) is 0 Å². The fraction of sp³-hybridized carbons (Fsp3) is 0.200. The lowest BCUT2D eigenvalue weighted by molar-refractivity contribution is 0.0953. The Morgan fingerprint density at radius 3 is 2.58 bits per heavy atom. The molecule has 0 unspecified atom stereocenters. The summed E-state index contributed by atoms with van der Waals surface area (Å²) in [5.74, 6) is 0.966. The van der Waals surface area contributed by atoms with Crippen molar-refractivity contribution < 1.29 is 4.79 Å². The molecule has 2 rings (SSSR count). The maximum Gasteiger partial charge on any atom is 0.251 e. The summed E-state index contributed by atoms with van der Waals surface area (Å²) in [6.07, 6.45) is 4.21. The molecule has 0 saturated carbocycles.